The van der Waals surface area contributed by atoms with Crippen LogP contribution in [-0.2, 0) is 17.4 Å². The van der Waals surface area contributed by atoms with Gasteiger partial charge in [-0.2, -0.15) is 0 Å². The summed E-state index contributed by atoms with van der Waals surface area (Å²) in [4.78, 5) is 35.6. The van der Waals surface area contributed by atoms with Crippen molar-refractivity contribution >= 4 is 16.4 Å². The van der Waals surface area contributed by atoms with Crippen LogP contribution in [0.1, 0.15) is 115 Å². The van der Waals surface area contributed by atoms with E-state index in [0.29, 0.717) is 11.5 Å². The molecule has 4 N–H and O–H groups in total. The van der Waals surface area contributed by atoms with E-state index in [2.05, 4.69) is 13.8 Å². The molecule has 0 fully saturated rings. The third-order valence-corrected chi connectivity index (χ3v) is 7.24. The van der Waals surface area contributed by atoms with Crippen LogP contribution in [0.3, 0.4) is 0 Å². The highest BCUT2D eigenvalue weighted by molar-refractivity contribution is 7.46. The second kappa shape index (κ2) is 22.3. The minimum Gasteiger partial charge on any atom is -0.427 e. The fourth-order valence-corrected chi connectivity index (χ4v) is 5.15. The van der Waals surface area contributed by atoms with E-state index in [1.165, 1.54) is 70.6 Å². The van der Waals surface area contributed by atoms with Crippen LogP contribution in [0.15, 0.2) is 48.5 Å². The first kappa shape index (κ1) is 35.6. The second-order valence-electron chi connectivity index (χ2n) is 9.88. The number of phosphoric ester groups is 1. The zero-order valence-electron chi connectivity index (χ0n) is 23.8. The van der Waals surface area contributed by atoms with E-state index in [-0.39, 0.29) is 0 Å². The summed E-state index contributed by atoms with van der Waals surface area (Å²) in [5, 5.41) is 0. The molecule has 222 valence electrons. The number of rotatable bonds is 20. The molecule has 0 unspecified atom stereocenters. The van der Waals surface area contributed by atoms with E-state index in [1.807, 2.05) is 30.3 Å². The molecule has 0 aliphatic carbocycles. The summed E-state index contributed by atoms with van der Waals surface area (Å²) in [6, 6.07) is 14.6. The lowest BCUT2D eigenvalue weighted by atomic mass is 10.0. The third kappa shape index (κ3) is 19.3. The molecule has 2 aromatic carbocycles. The Morgan fingerprint density at radius 3 is 1.44 bits per heavy atom. The Morgan fingerprint density at radius 1 is 0.615 bits per heavy atom. The fourth-order valence-electron chi connectivity index (χ4n) is 4.36. The molecule has 0 amide bonds. The Balaban J connectivity index is 0.000000391. The lowest BCUT2D eigenvalue weighted by Crippen LogP contribution is -1.95. The Hall–Kier alpha value is -1.46. The maximum Gasteiger partial charge on any atom is 0.524 e. The highest BCUT2D eigenvalue weighted by Gasteiger charge is 2.17. The minimum atomic E-state index is -4.47. The van der Waals surface area contributed by atoms with E-state index in [0.717, 1.165) is 43.2 Å². The molecular weight excluding hydrogens is 534 g/mol. The van der Waals surface area contributed by atoms with Crippen LogP contribution < -0.4 is 9.05 Å². The Kier molecular flexibility index (Phi) is 20.3. The molecule has 0 aliphatic heterocycles. The molecule has 0 atom stereocenters. The van der Waals surface area contributed by atoms with Gasteiger partial charge in [-0.15, -0.1) is 0 Å². The number of unbranched alkanes of at least 4 members (excludes halogenated alkanes) is 12. The van der Waals surface area contributed by atoms with Crippen molar-refractivity contribution in [2.24, 2.45) is 0 Å². The molecule has 0 saturated carbocycles. The molecule has 2 rings (SSSR count). The SMILES string of the molecule is CCCCCCCCCc1ccccc1OP(=O)(O)O.CCCCCCCCCc1ccccc1OP(O)O. The number of aryl methyl sites for hydroxylation is 2. The van der Waals surface area contributed by atoms with Gasteiger partial charge in [-0.1, -0.05) is 127 Å². The van der Waals surface area contributed by atoms with Crippen LogP contribution in [0.5, 0.6) is 11.5 Å². The van der Waals surface area contributed by atoms with Crippen LogP contribution in [0.4, 0.5) is 0 Å². The third-order valence-electron chi connectivity index (χ3n) is 6.44. The lowest BCUT2D eigenvalue weighted by Gasteiger charge is -2.11. The highest BCUT2D eigenvalue weighted by Crippen LogP contribution is 2.39. The van der Waals surface area contributed by atoms with Gasteiger partial charge in [0, 0.05) is 0 Å². The lowest BCUT2D eigenvalue weighted by molar-refractivity contribution is 0.282. The molecule has 2 aromatic rings. The molecule has 7 nitrogen and oxygen atoms in total. The monoisotopic (exact) mass is 584 g/mol. The summed E-state index contributed by atoms with van der Waals surface area (Å²) in [7, 11) is -6.79. The number of phosphoric acid groups is 1. The molecule has 39 heavy (non-hydrogen) atoms. The number of benzene rings is 2. The first-order chi connectivity index (χ1) is 18.8. The van der Waals surface area contributed by atoms with Gasteiger partial charge in [0.25, 0.3) is 0 Å². The minimum absolute atomic E-state index is 0.298. The average molecular weight is 585 g/mol. The van der Waals surface area contributed by atoms with E-state index in [9.17, 15) is 4.57 Å². The van der Waals surface area contributed by atoms with Crippen LogP contribution >= 0.6 is 16.4 Å². The Bertz CT molecular complexity index is 918. The fraction of sp³-hybridized carbons (Fsp3) is 0.600. The molecule has 0 bridgehead atoms. The van der Waals surface area contributed by atoms with Crippen molar-refractivity contribution in [3.63, 3.8) is 0 Å². The van der Waals surface area contributed by atoms with Crippen molar-refractivity contribution in [3.8, 4) is 11.5 Å². The molecule has 0 saturated heterocycles. The van der Waals surface area contributed by atoms with Crippen molar-refractivity contribution in [2.75, 3.05) is 0 Å². The standard InChI is InChI=1S/C15H25O4P.C15H25O3P/c1-2-3-4-5-6-7-8-11-14-12-9-10-13-15(14)19-20(16,17)18;1-2-3-4-5-6-7-8-11-14-12-9-10-13-15(14)18-19(16)17/h9-10,12-13H,2-8,11H2,1H3,(H2,16,17,18);9-10,12-13,16-17H,2-8,11H2,1H3. The zero-order valence-corrected chi connectivity index (χ0v) is 25.6. The maximum atomic E-state index is 10.9. The van der Waals surface area contributed by atoms with Crippen molar-refractivity contribution in [1.82, 2.24) is 0 Å². The smallest absolute Gasteiger partial charge is 0.427 e. The van der Waals surface area contributed by atoms with Gasteiger partial charge in [-0.05, 0) is 48.9 Å². The van der Waals surface area contributed by atoms with Crippen LogP contribution in [-0.4, -0.2) is 19.6 Å². The van der Waals surface area contributed by atoms with E-state index in [1.54, 1.807) is 18.2 Å². The molecular formula is C30H50O7P2. The molecule has 0 aliphatic rings. The molecule has 0 aromatic heterocycles. The van der Waals surface area contributed by atoms with Gasteiger partial charge in [0.05, 0.1) is 0 Å². The van der Waals surface area contributed by atoms with E-state index < -0.39 is 16.4 Å². The maximum absolute atomic E-state index is 10.9. The molecule has 9 heteroatoms. The summed E-state index contributed by atoms with van der Waals surface area (Å²) in [5.74, 6) is 0.899. The van der Waals surface area contributed by atoms with Gasteiger partial charge in [0.2, 0.25) is 0 Å². The van der Waals surface area contributed by atoms with Crippen LogP contribution in [0.25, 0.3) is 0 Å². The number of hydrogen-bond acceptors (Lipinski definition) is 5. The van der Waals surface area contributed by atoms with Gasteiger partial charge in [-0.3, -0.25) is 9.79 Å². The first-order valence-electron chi connectivity index (χ1n) is 14.5. The van der Waals surface area contributed by atoms with Gasteiger partial charge in [0.15, 0.2) is 0 Å². The van der Waals surface area contributed by atoms with Gasteiger partial charge in [0.1, 0.15) is 11.5 Å². The molecule has 0 spiro atoms. The van der Waals surface area contributed by atoms with Crippen molar-refractivity contribution in [3.05, 3.63) is 59.7 Å². The molecule has 0 radical (unpaired) electrons. The quantitative estimate of drug-likeness (QED) is 0.0906. The summed E-state index contributed by atoms with van der Waals surface area (Å²) >= 11 is 0. The van der Waals surface area contributed by atoms with Gasteiger partial charge in [-0.25, -0.2) is 4.57 Å². The van der Waals surface area contributed by atoms with Crippen molar-refractivity contribution in [2.45, 2.75) is 117 Å². The number of para-hydroxylation sites is 2. The Labute approximate surface area is 237 Å². The largest absolute Gasteiger partial charge is 0.524 e. The number of hydrogen-bond donors (Lipinski definition) is 4. The van der Waals surface area contributed by atoms with Crippen LogP contribution in [0, 0.1) is 0 Å². The first-order valence-corrected chi connectivity index (χ1v) is 17.2. The predicted octanol–water partition coefficient (Wildman–Crippen LogP) is 9.02. The Morgan fingerprint density at radius 2 is 1.00 bits per heavy atom. The van der Waals surface area contributed by atoms with Crippen molar-refractivity contribution < 1.29 is 33.2 Å². The van der Waals surface area contributed by atoms with Crippen molar-refractivity contribution in [1.29, 1.82) is 0 Å². The van der Waals surface area contributed by atoms with Gasteiger partial charge >= 0.3 is 16.4 Å². The second-order valence-corrected chi connectivity index (χ2v) is 11.7. The predicted molar refractivity (Wildman–Crippen MR) is 161 cm³/mol. The highest BCUT2D eigenvalue weighted by atomic mass is 31.2. The summed E-state index contributed by atoms with van der Waals surface area (Å²) in [5.41, 5.74) is 1.93. The summed E-state index contributed by atoms with van der Waals surface area (Å²) in [6.45, 7) is 4.44. The zero-order chi connectivity index (χ0) is 28.8. The van der Waals surface area contributed by atoms with Crippen LogP contribution in [0.2, 0.25) is 0 Å². The summed E-state index contributed by atoms with van der Waals surface area (Å²) < 4.78 is 20.6. The van der Waals surface area contributed by atoms with E-state index >= 15 is 0 Å². The van der Waals surface area contributed by atoms with Gasteiger partial charge < -0.3 is 18.8 Å². The topological polar surface area (TPSA) is 116 Å². The summed E-state index contributed by atoms with van der Waals surface area (Å²) in [6.07, 6.45) is 19.2. The average Bonchev–Trinajstić information content (AvgIpc) is 2.89. The normalized spacial score (nSPS) is 11.3. The van der Waals surface area contributed by atoms with E-state index in [4.69, 9.17) is 28.6 Å². The molecule has 0 heterocycles.